The van der Waals surface area contributed by atoms with Crippen molar-refractivity contribution in [2.75, 3.05) is 0 Å². The number of carbonyl (C=O) groups excluding carboxylic acids is 2. The summed E-state index contributed by atoms with van der Waals surface area (Å²) in [6.07, 6.45) is 1.20. The van der Waals surface area contributed by atoms with Crippen molar-refractivity contribution in [3.8, 4) is 0 Å². The van der Waals surface area contributed by atoms with Gasteiger partial charge in [-0.05, 0) is 49.1 Å². The molecule has 3 rings (SSSR count). The van der Waals surface area contributed by atoms with Gasteiger partial charge in [0, 0.05) is 29.1 Å². The lowest BCUT2D eigenvalue weighted by Crippen LogP contribution is -2.52. The van der Waals surface area contributed by atoms with Crippen molar-refractivity contribution in [3.05, 3.63) is 105 Å². The van der Waals surface area contributed by atoms with E-state index in [4.69, 9.17) is 23.2 Å². The van der Waals surface area contributed by atoms with E-state index >= 15 is 0 Å². The first-order chi connectivity index (χ1) is 16.8. The maximum absolute atomic E-state index is 13.8. The molecule has 0 fully saturated rings. The molecule has 0 spiro atoms. The summed E-state index contributed by atoms with van der Waals surface area (Å²) in [5.74, 6) is -0.379. The Morgan fingerprint density at radius 1 is 0.914 bits per heavy atom. The SMILES string of the molecule is CC[C@H](C)NC(=O)[C@H](Cc1ccccc1)N(Cc1cccc(C)c1)C(=O)Cc1c(Cl)cccc1Cl. The molecule has 0 radical (unpaired) electrons. The summed E-state index contributed by atoms with van der Waals surface area (Å²) in [4.78, 5) is 29.0. The first-order valence-corrected chi connectivity index (χ1v) is 12.7. The molecule has 0 unspecified atom stereocenters. The number of carbonyl (C=O) groups is 2. The topological polar surface area (TPSA) is 49.4 Å². The van der Waals surface area contributed by atoms with Crippen molar-refractivity contribution in [1.82, 2.24) is 10.2 Å². The highest BCUT2D eigenvalue weighted by atomic mass is 35.5. The number of amides is 2. The van der Waals surface area contributed by atoms with Gasteiger partial charge >= 0.3 is 0 Å². The zero-order chi connectivity index (χ0) is 25.4. The van der Waals surface area contributed by atoms with Crippen molar-refractivity contribution in [3.63, 3.8) is 0 Å². The fourth-order valence-electron chi connectivity index (χ4n) is 3.96. The summed E-state index contributed by atoms with van der Waals surface area (Å²) >= 11 is 12.8. The van der Waals surface area contributed by atoms with E-state index in [-0.39, 0.29) is 24.3 Å². The Labute approximate surface area is 218 Å². The van der Waals surface area contributed by atoms with Gasteiger partial charge in [-0.1, -0.05) is 96.4 Å². The molecule has 3 aromatic rings. The molecule has 6 heteroatoms. The molecule has 3 aromatic carbocycles. The van der Waals surface area contributed by atoms with Crippen LogP contribution in [0.15, 0.2) is 72.8 Å². The van der Waals surface area contributed by atoms with Gasteiger partial charge in [-0.2, -0.15) is 0 Å². The number of nitrogens with zero attached hydrogens (tertiary/aromatic N) is 1. The van der Waals surface area contributed by atoms with Gasteiger partial charge in [0.1, 0.15) is 6.04 Å². The Hall–Kier alpha value is -2.82. The molecule has 2 amide bonds. The lowest BCUT2D eigenvalue weighted by Gasteiger charge is -2.32. The van der Waals surface area contributed by atoms with Gasteiger partial charge < -0.3 is 10.2 Å². The second kappa shape index (κ2) is 12.8. The fourth-order valence-corrected chi connectivity index (χ4v) is 4.49. The molecule has 184 valence electrons. The molecule has 1 N–H and O–H groups in total. The Kier molecular flexibility index (Phi) is 9.76. The number of nitrogens with one attached hydrogen (secondary N) is 1. The molecule has 4 nitrogen and oxygen atoms in total. The normalized spacial score (nSPS) is 12.6. The van der Waals surface area contributed by atoms with E-state index in [0.29, 0.717) is 28.6 Å². The number of halogens is 2. The van der Waals surface area contributed by atoms with Crippen molar-refractivity contribution in [1.29, 1.82) is 0 Å². The largest absolute Gasteiger partial charge is 0.352 e. The van der Waals surface area contributed by atoms with Gasteiger partial charge in [0.2, 0.25) is 11.8 Å². The van der Waals surface area contributed by atoms with Gasteiger partial charge in [-0.3, -0.25) is 9.59 Å². The minimum Gasteiger partial charge on any atom is -0.352 e. The summed E-state index contributed by atoms with van der Waals surface area (Å²) in [6, 6.07) is 22.2. The summed E-state index contributed by atoms with van der Waals surface area (Å²) < 4.78 is 0. The van der Waals surface area contributed by atoms with Crippen LogP contribution in [0.1, 0.15) is 42.5 Å². The first-order valence-electron chi connectivity index (χ1n) is 11.9. The van der Waals surface area contributed by atoms with Crippen LogP contribution in [0, 0.1) is 6.92 Å². The van der Waals surface area contributed by atoms with E-state index < -0.39 is 6.04 Å². The van der Waals surface area contributed by atoms with E-state index in [0.717, 1.165) is 23.1 Å². The van der Waals surface area contributed by atoms with E-state index in [9.17, 15) is 9.59 Å². The van der Waals surface area contributed by atoms with Crippen molar-refractivity contribution >= 4 is 35.0 Å². The van der Waals surface area contributed by atoms with Crippen molar-refractivity contribution in [2.24, 2.45) is 0 Å². The van der Waals surface area contributed by atoms with Gasteiger partial charge in [0.05, 0.1) is 6.42 Å². The third-order valence-electron chi connectivity index (χ3n) is 6.10. The predicted octanol–water partition coefficient (Wildman–Crippen LogP) is 6.40. The molecule has 0 saturated carbocycles. The van der Waals surface area contributed by atoms with Crippen molar-refractivity contribution < 1.29 is 9.59 Å². The maximum atomic E-state index is 13.8. The Balaban J connectivity index is 2.01. The van der Waals surface area contributed by atoms with Crippen LogP contribution in [0.2, 0.25) is 10.0 Å². The number of aryl methyl sites for hydroxylation is 1. The smallest absolute Gasteiger partial charge is 0.243 e. The average Bonchev–Trinajstić information content (AvgIpc) is 2.84. The van der Waals surface area contributed by atoms with E-state index in [1.54, 1.807) is 23.1 Å². The monoisotopic (exact) mass is 510 g/mol. The second-order valence-electron chi connectivity index (χ2n) is 8.91. The number of hydrogen-bond donors (Lipinski definition) is 1. The highest BCUT2D eigenvalue weighted by Crippen LogP contribution is 2.26. The molecule has 0 saturated heterocycles. The molecular weight excluding hydrogens is 479 g/mol. The first kappa shape index (κ1) is 26.8. The van der Waals surface area contributed by atoms with E-state index in [1.807, 2.05) is 75.4 Å². The van der Waals surface area contributed by atoms with Gasteiger partial charge in [0.25, 0.3) is 0 Å². The fraction of sp³-hybridized carbons (Fsp3) is 0.310. The van der Waals surface area contributed by atoms with Crippen LogP contribution in [-0.4, -0.2) is 28.8 Å². The molecule has 0 aromatic heterocycles. The maximum Gasteiger partial charge on any atom is 0.243 e. The van der Waals surface area contributed by atoms with Crippen LogP contribution in [0.4, 0.5) is 0 Å². The lowest BCUT2D eigenvalue weighted by atomic mass is 10.0. The highest BCUT2D eigenvalue weighted by molar-refractivity contribution is 6.36. The number of benzene rings is 3. The predicted molar refractivity (Wildman–Crippen MR) is 144 cm³/mol. The van der Waals surface area contributed by atoms with Gasteiger partial charge in [-0.25, -0.2) is 0 Å². The van der Waals surface area contributed by atoms with Crippen LogP contribution < -0.4 is 5.32 Å². The van der Waals surface area contributed by atoms with Crippen LogP contribution in [0.5, 0.6) is 0 Å². The molecule has 0 aliphatic heterocycles. The quantitative estimate of drug-likeness (QED) is 0.343. The zero-order valence-corrected chi connectivity index (χ0v) is 21.9. The van der Waals surface area contributed by atoms with Crippen LogP contribution in [-0.2, 0) is 29.0 Å². The van der Waals surface area contributed by atoms with Crippen LogP contribution >= 0.6 is 23.2 Å². The minimum absolute atomic E-state index is 0.00490. The summed E-state index contributed by atoms with van der Waals surface area (Å²) in [7, 11) is 0. The standard InChI is InChI=1S/C29H32Cl2N2O2/c1-4-21(3)32-29(35)27(17-22-11-6-5-7-12-22)33(19-23-13-8-10-20(2)16-23)28(34)18-24-25(30)14-9-15-26(24)31/h5-16,21,27H,4,17-19H2,1-3H3,(H,32,35)/t21-,27-/m0/s1. The molecular formula is C29H32Cl2N2O2. The third kappa shape index (κ3) is 7.58. The van der Waals surface area contributed by atoms with Crippen LogP contribution in [0.3, 0.4) is 0 Å². The molecule has 0 heterocycles. The minimum atomic E-state index is -0.694. The molecule has 0 aliphatic rings. The summed E-state index contributed by atoms with van der Waals surface area (Å²) in [5, 5.41) is 3.95. The molecule has 2 atom stereocenters. The summed E-state index contributed by atoms with van der Waals surface area (Å²) in [6.45, 7) is 6.30. The van der Waals surface area contributed by atoms with E-state index in [1.165, 1.54) is 0 Å². The third-order valence-corrected chi connectivity index (χ3v) is 6.81. The van der Waals surface area contributed by atoms with Crippen molar-refractivity contribution in [2.45, 2.75) is 58.7 Å². The number of hydrogen-bond acceptors (Lipinski definition) is 2. The lowest BCUT2D eigenvalue weighted by molar-refractivity contribution is -0.141. The number of rotatable bonds is 10. The van der Waals surface area contributed by atoms with Gasteiger partial charge in [0.15, 0.2) is 0 Å². The Morgan fingerprint density at radius 3 is 2.17 bits per heavy atom. The zero-order valence-electron chi connectivity index (χ0n) is 20.4. The van der Waals surface area contributed by atoms with E-state index in [2.05, 4.69) is 5.32 Å². The Bertz CT molecular complexity index is 1130. The van der Waals surface area contributed by atoms with Gasteiger partial charge in [-0.15, -0.1) is 0 Å². The highest BCUT2D eigenvalue weighted by Gasteiger charge is 2.31. The molecule has 0 bridgehead atoms. The molecule has 35 heavy (non-hydrogen) atoms. The Morgan fingerprint density at radius 2 is 1.54 bits per heavy atom. The second-order valence-corrected chi connectivity index (χ2v) is 9.73. The van der Waals surface area contributed by atoms with Crippen LogP contribution in [0.25, 0.3) is 0 Å². The average molecular weight is 511 g/mol. The summed E-state index contributed by atoms with van der Waals surface area (Å²) in [5.41, 5.74) is 3.59. The molecule has 0 aliphatic carbocycles.